The minimum atomic E-state index is -3.39. The van der Waals surface area contributed by atoms with E-state index >= 15 is 0 Å². The Morgan fingerprint density at radius 3 is 1.84 bits per heavy atom. The zero-order chi connectivity index (χ0) is 24.3. The number of sulfonamides is 1. The fourth-order valence-electron chi connectivity index (χ4n) is 2.71. The summed E-state index contributed by atoms with van der Waals surface area (Å²) < 4.78 is 31.5. The fraction of sp³-hybridized carbons (Fsp3) is 0.409. The third-order valence-corrected chi connectivity index (χ3v) is 7.23. The van der Waals surface area contributed by atoms with Gasteiger partial charge in [0.15, 0.2) is 5.75 Å². The fourth-order valence-corrected chi connectivity index (χ4v) is 4.82. The van der Waals surface area contributed by atoms with Gasteiger partial charge in [-0.1, -0.05) is 61.5 Å². The molecule has 0 radical (unpaired) electrons. The number of carboxylic acid groups (broad SMARTS) is 1. The Balaban J connectivity index is 0.000000343. The molecular weight excluding hydrogens is 497 g/mol. The zero-order valence-electron chi connectivity index (χ0n) is 18.3. The standard InChI is InChI=1S/C14H22ClNO2S.C8H6Cl2O3/c1-3-5-11-16(12-6-4-2)19(17,18)14-9-7-13(15)8-10-14;1-13-7-5(10)3-2-4(9)6(7)8(11)12/h7-10H,3-6,11-12H2,1-2H3;2-3H,1H3,(H,11,12). The van der Waals surface area contributed by atoms with Crippen molar-refractivity contribution in [2.45, 2.75) is 44.4 Å². The SMILES string of the molecule is CCCCN(CCCC)S(=O)(=O)c1ccc(Cl)cc1.COc1c(Cl)ccc(Cl)c1C(=O)O. The predicted octanol–water partition coefficient (Wildman–Crippen LogP) is 6.63. The van der Waals surface area contributed by atoms with Gasteiger partial charge in [-0.3, -0.25) is 0 Å². The van der Waals surface area contributed by atoms with Crippen molar-refractivity contribution in [2.75, 3.05) is 20.2 Å². The highest BCUT2D eigenvalue weighted by Crippen LogP contribution is 2.33. The van der Waals surface area contributed by atoms with E-state index in [-0.39, 0.29) is 21.4 Å². The quantitative estimate of drug-likeness (QED) is 0.377. The topological polar surface area (TPSA) is 83.9 Å². The number of aromatic carboxylic acids is 1. The summed E-state index contributed by atoms with van der Waals surface area (Å²) in [5.41, 5.74) is -0.114. The van der Waals surface area contributed by atoms with Gasteiger partial charge in [0.1, 0.15) is 5.56 Å². The molecule has 0 atom stereocenters. The summed E-state index contributed by atoms with van der Waals surface area (Å²) in [5.74, 6) is -1.08. The van der Waals surface area contributed by atoms with Crippen molar-refractivity contribution >= 4 is 50.8 Å². The lowest BCUT2D eigenvalue weighted by Crippen LogP contribution is -2.33. The molecule has 0 saturated carbocycles. The van der Waals surface area contributed by atoms with E-state index in [2.05, 4.69) is 13.8 Å². The summed E-state index contributed by atoms with van der Waals surface area (Å²) >= 11 is 17.2. The zero-order valence-corrected chi connectivity index (χ0v) is 21.4. The van der Waals surface area contributed by atoms with Gasteiger partial charge in [0.05, 0.1) is 22.1 Å². The van der Waals surface area contributed by atoms with Crippen molar-refractivity contribution in [3.05, 3.63) is 57.0 Å². The molecule has 2 aromatic carbocycles. The highest BCUT2D eigenvalue weighted by atomic mass is 35.5. The second kappa shape index (κ2) is 13.9. The van der Waals surface area contributed by atoms with Crippen LogP contribution in [0.2, 0.25) is 15.1 Å². The number of carboxylic acids is 1. The molecule has 2 rings (SSSR count). The van der Waals surface area contributed by atoms with Gasteiger partial charge in [0.25, 0.3) is 0 Å². The van der Waals surface area contributed by atoms with Crippen molar-refractivity contribution in [1.29, 1.82) is 0 Å². The Morgan fingerprint density at radius 1 is 0.938 bits per heavy atom. The first kappa shape index (κ1) is 28.5. The lowest BCUT2D eigenvalue weighted by molar-refractivity contribution is 0.0693. The van der Waals surface area contributed by atoms with Gasteiger partial charge >= 0.3 is 5.97 Å². The van der Waals surface area contributed by atoms with Crippen LogP contribution in [0.5, 0.6) is 5.75 Å². The number of unbranched alkanes of at least 4 members (excludes halogenated alkanes) is 2. The van der Waals surface area contributed by atoms with Crippen LogP contribution in [-0.2, 0) is 10.0 Å². The molecule has 0 aliphatic heterocycles. The van der Waals surface area contributed by atoms with E-state index in [0.29, 0.717) is 23.0 Å². The summed E-state index contributed by atoms with van der Waals surface area (Å²) in [5, 5.41) is 9.66. The number of carbonyl (C=O) groups is 1. The normalized spacial score (nSPS) is 11.1. The van der Waals surface area contributed by atoms with E-state index in [1.165, 1.54) is 19.2 Å². The molecule has 0 fully saturated rings. The van der Waals surface area contributed by atoms with Crippen molar-refractivity contribution < 1.29 is 23.1 Å². The van der Waals surface area contributed by atoms with E-state index < -0.39 is 16.0 Å². The molecule has 0 bridgehead atoms. The Morgan fingerprint density at radius 2 is 1.44 bits per heavy atom. The number of hydrogen-bond acceptors (Lipinski definition) is 4. The second-order valence-corrected chi connectivity index (χ2v) is 10.00. The third kappa shape index (κ3) is 8.12. The molecule has 0 saturated heterocycles. The number of hydrogen-bond donors (Lipinski definition) is 1. The maximum absolute atomic E-state index is 12.5. The number of ether oxygens (including phenoxy) is 1. The molecule has 178 valence electrons. The van der Waals surface area contributed by atoms with E-state index in [1.54, 1.807) is 28.6 Å². The third-order valence-electron chi connectivity index (χ3n) is 4.45. The van der Waals surface area contributed by atoms with Gasteiger partial charge in [-0.15, -0.1) is 0 Å². The highest BCUT2D eigenvalue weighted by molar-refractivity contribution is 7.89. The lowest BCUT2D eigenvalue weighted by atomic mass is 10.2. The van der Waals surface area contributed by atoms with Crippen LogP contribution in [0.4, 0.5) is 0 Å². The number of benzene rings is 2. The van der Waals surface area contributed by atoms with Crippen LogP contribution in [0, 0.1) is 0 Å². The summed E-state index contributed by atoms with van der Waals surface area (Å²) in [6.07, 6.45) is 3.74. The minimum absolute atomic E-state index is 0.0849. The van der Waals surface area contributed by atoms with Crippen LogP contribution in [0.3, 0.4) is 0 Å². The highest BCUT2D eigenvalue weighted by Gasteiger charge is 2.23. The average Bonchev–Trinajstić information content (AvgIpc) is 2.75. The Hall–Kier alpha value is -1.51. The molecular formula is C22H28Cl3NO5S. The molecule has 0 aliphatic carbocycles. The number of rotatable bonds is 10. The molecule has 0 unspecified atom stereocenters. The van der Waals surface area contributed by atoms with Gasteiger partial charge < -0.3 is 9.84 Å². The first-order valence-corrected chi connectivity index (χ1v) is 12.7. The van der Waals surface area contributed by atoms with E-state index in [1.807, 2.05) is 0 Å². The predicted molar refractivity (Wildman–Crippen MR) is 130 cm³/mol. The Bertz CT molecular complexity index is 974. The van der Waals surface area contributed by atoms with Crippen molar-refractivity contribution in [3.8, 4) is 5.75 Å². The molecule has 0 heterocycles. The molecule has 0 amide bonds. The van der Waals surface area contributed by atoms with Crippen LogP contribution in [0.25, 0.3) is 0 Å². The van der Waals surface area contributed by atoms with E-state index in [9.17, 15) is 13.2 Å². The summed E-state index contributed by atoms with van der Waals surface area (Å²) in [7, 11) is -2.05. The average molecular weight is 525 g/mol. The molecule has 0 spiro atoms. The first-order valence-electron chi connectivity index (χ1n) is 10.1. The smallest absolute Gasteiger partial charge is 0.341 e. The van der Waals surface area contributed by atoms with Crippen LogP contribution in [0.1, 0.15) is 49.9 Å². The monoisotopic (exact) mass is 523 g/mol. The van der Waals surface area contributed by atoms with Gasteiger partial charge in [-0.25, -0.2) is 13.2 Å². The van der Waals surface area contributed by atoms with E-state index in [4.69, 9.17) is 44.6 Å². The molecule has 1 N–H and O–H groups in total. The maximum Gasteiger partial charge on any atom is 0.341 e. The van der Waals surface area contributed by atoms with Gasteiger partial charge in [-0.05, 0) is 49.2 Å². The van der Waals surface area contributed by atoms with Crippen molar-refractivity contribution in [2.24, 2.45) is 0 Å². The van der Waals surface area contributed by atoms with Gasteiger partial charge in [0.2, 0.25) is 10.0 Å². The molecule has 2 aromatic rings. The second-order valence-electron chi connectivity index (χ2n) is 6.81. The van der Waals surface area contributed by atoms with Crippen LogP contribution < -0.4 is 4.74 Å². The first-order chi connectivity index (χ1) is 15.1. The van der Waals surface area contributed by atoms with Crippen LogP contribution in [-0.4, -0.2) is 44.0 Å². The van der Waals surface area contributed by atoms with Gasteiger partial charge in [-0.2, -0.15) is 4.31 Å². The largest absolute Gasteiger partial charge is 0.494 e. The molecule has 0 aromatic heterocycles. The van der Waals surface area contributed by atoms with Gasteiger partial charge in [0, 0.05) is 18.1 Å². The Kier molecular flexibility index (Phi) is 12.4. The van der Waals surface area contributed by atoms with E-state index in [0.717, 1.165) is 25.7 Å². The van der Waals surface area contributed by atoms with Crippen LogP contribution in [0.15, 0.2) is 41.3 Å². The van der Waals surface area contributed by atoms with Crippen LogP contribution >= 0.6 is 34.8 Å². The lowest BCUT2D eigenvalue weighted by Gasteiger charge is -2.21. The van der Waals surface area contributed by atoms with Crippen molar-refractivity contribution in [1.82, 2.24) is 4.31 Å². The Labute approximate surface area is 205 Å². The van der Waals surface area contributed by atoms with Crippen molar-refractivity contribution in [3.63, 3.8) is 0 Å². The number of halogens is 3. The molecule has 32 heavy (non-hydrogen) atoms. The summed E-state index contributed by atoms with van der Waals surface area (Å²) in [4.78, 5) is 11.1. The maximum atomic E-state index is 12.5. The summed E-state index contributed by atoms with van der Waals surface area (Å²) in [6, 6.07) is 9.27. The number of nitrogens with zero attached hydrogens (tertiary/aromatic N) is 1. The molecule has 10 heteroatoms. The number of methoxy groups -OCH3 is 1. The molecule has 0 aliphatic rings. The molecule has 6 nitrogen and oxygen atoms in total. The minimum Gasteiger partial charge on any atom is -0.494 e. The summed E-state index contributed by atoms with van der Waals surface area (Å²) in [6.45, 7) is 5.29.